The summed E-state index contributed by atoms with van der Waals surface area (Å²) in [4.78, 5) is 11.1. The molecule has 0 saturated heterocycles. The van der Waals surface area contributed by atoms with Gasteiger partial charge in [-0.2, -0.15) is 0 Å². The number of anilines is 2. The fraction of sp³-hybridized carbons (Fsp3) is 0.412. The molecular weight excluding hydrogens is 294 g/mol. The SMILES string of the molecule is CCN(c1nc(C)cc(C)n1)c1c(OC)cc(OC)cc1OC. The molecule has 1 aromatic carbocycles. The molecule has 124 valence electrons. The van der Waals surface area contributed by atoms with Gasteiger partial charge in [0.25, 0.3) is 0 Å². The van der Waals surface area contributed by atoms with Crippen LogP contribution in [0.25, 0.3) is 0 Å². The predicted molar refractivity (Wildman–Crippen MR) is 90.3 cm³/mol. The minimum absolute atomic E-state index is 0.617. The molecule has 23 heavy (non-hydrogen) atoms. The van der Waals surface area contributed by atoms with E-state index in [0.717, 1.165) is 17.1 Å². The molecule has 0 amide bonds. The van der Waals surface area contributed by atoms with Crippen LogP contribution < -0.4 is 19.1 Å². The van der Waals surface area contributed by atoms with Crippen molar-refractivity contribution in [2.75, 3.05) is 32.8 Å². The fourth-order valence-corrected chi connectivity index (χ4v) is 2.48. The van der Waals surface area contributed by atoms with Crippen LogP contribution in [0, 0.1) is 13.8 Å². The van der Waals surface area contributed by atoms with Crippen LogP contribution in [0.1, 0.15) is 18.3 Å². The lowest BCUT2D eigenvalue weighted by atomic mass is 10.2. The third-order valence-electron chi connectivity index (χ3n) is 3.49. The van der Waals surface area contributed by atoms with Gasteiger partial charge in [0.15, 0.2) is 0 Å². The highest BCUT2D eigenvalue weighted by Crippen LogP contribution is 2.43. The normalized spacial score (nSPS) is 10.3. The van der Waals surface area contributed by atoms with Crippen LogP contribution in [-0.4, -0.2) is 37.8 Å². The zero-order chi connectivity index (χ0) is 17.0. The number of rotatable bonds is 6. The maximum absolute atomic E-state index is 5.54. The number of nitrogens with zero attached hydrogens (tertiary/aromatic N) is 3. The Kier molecular flexibility index (Phi) is 5.26. The van der Waals surface area contributed by atoms with Crippen LogP contribution in [0.2, 0.25) is 0 Å². The molecule has 0 N–H and O–H groups in total. The second kappa shape index (κ2) is 7.17. The van der Waals surface area contributed by atoms with Crippen LogP contribution in [0.3, 0.4) is 0 Å². The highest BCUT2D eigenvalue weighted by Gasteiger charge is 2.22. The third kappa shape index (κ3) is 3.47. The van der Waals surface area contributed by atoms with Crippen molar-refractivity contribution in [1.82, 2.24) is 9.97 Å². The van der Waals surface area contributed by atoms with Crippen molar-refractivity contribution in [1.29, 1.82) is 0 Å². The molecule has 0 saturated carbocycles. The predicted octanol–water partition coefficient (Wildman–Crippen LogP) is 3.28. The van der Waals surface area contributed by atoms with Gasteiger partial charge in [-0.15, -0.1) is 0 Å². The number of aryl methyl sites for hydroxylation is 2. The van der Waals surface area contributed by atoms with Gasteiger partial charge in [-0.3, -0.25) is 0 Å². The van der Waals surface area contributed by atoms with E-state index in [1.165, 1.54) is 0 Å². The lowest BCUT2D eigenvalue weighted by molar-refractivity contribution is 0.376. The number of hydrogen-bond donors (Lipinski definition) is 0. The summed E-state index contributed by atoms with van der Waals surface area (Å²) >= 11 is 0. The number of methoxy groups -OCH3 is 3. The third-order valence-corrected chi connectivity index (χ3v) is 3.49. The first-order valence-electron chi connectivity index (χ1n) is 7.43. The lowest BCUT2D eigenvalue weighted by Gasteiger charge is -2.26. The summed E-state index contributed by atoms with van der Waals surface area (Å²) in [5.74, 6) is 2.57. The molecule has 0 bridgehead atoms. The second-order valence-corrected chi connectivity index (χ2v) is 5.08. The summed E-state index contributed by atoms with van der Waals surface area (Å²) in [6, 6.07) is 5.59. The van der Waals surface area contributed by atoms with E-state index >= 15 is 0 Å². The summed E-state index contributed by atoms with van der Waals surface area (Å²) in [6.07, 6.45) is 0. The lowest BCUT2D eigenvalue weighted by Crippen LogP contribution is -2.21. The van der Waals surface area contributed by atoms with Gasteiger partial charge in [-0.25, -0.2) is 9.97 Å². The molecule has 0 aliphatic heterocycles. The largest absolute Gasteiger partial charge is 0.496 e. The monoisotopic (exact) mass is 317 g/mol. The summed E-state index contributed by atoms with van der Waals surface area (Å²) in [5.41, 5.74) is 2.61. The van der Waals surface area contributed by atoms with E-state index < -0.39 is 0 Å². The Morgan fingerprint density at radius 1 is 0.870 bits per heavy atom. The summed E-state index contributed by atoms with van der Waals surface area (Å²) in [6.45, 7) is 6.61. The van der Waals surface area contributed by atoms with E-state index in [2.05, 4.69) is 9.97 Å². The molecule has 0 atom stereocenters. The van der Waals surface area contributed by atoms with Crippen molar-refractivity contribution in [3.63, 3.8) is 0 Å². The topological polar surface area (TPSA) is 56.7 Å². The molecule has 0 unspecified atom stereocenters. The Hall–Kier alpha value is -2.50. The first-order valence-corrected chi connectivity index (χ1v) is 7.43. The highest BCUT2D eigenvalue weighted by molar-refractivity contribution is 5.74. The Labute approximate surface area is 137 Å². The van der Waals surface area contributed by atoms with Crippen molar-refractivity contribution in [3.8, 4) is 17.2 Å². The van der Waals surface area contributed by atoms with E-state index in [0.29, 0.717) is 29.7 Å². The minimum atomic E-state index is 0.617. The summed E-state index contributed by atoms with van der Waals surface area (Å²) in [7, 11) is 4.85. The Morgan fingerprint density at radius 3 is 1.78 bits per heavy atom. The van der Waals surface area contributed by atoms with Crippen molar-refractivity contribution < 1.29 is 14.2 Å². The fourth-order valence-electron chi connectivity index (χ4n) is 2.48. The van der Waals surface area contributed by atoms with Gasteiger partial charge in [0.1, 0.15) is 22.9 Å². The number of benzene rings is 1. The van der Waals surface area contributed by atoms with Crippen LogP contribution in [0.4, 0.5) is 11.6 Å². The molecule has 0 spiro atoms. The van der Waals surface area contributed by atoms with E-state index in [1.54, 1.807) is 21.3 Å². The highest BCUT2D eigenvalue weighted by atomic mass is 16.5. The quantitative estimate of drug-likeness (QED) is 0.815. The molecule has 2 aromatic rings. The molecule has 2 rings (SSSR count). The Balaban J connectivity index is 2.64. The zero-order valence-corrected chi connectivity index (χ0v) is 14.5. The van der Waals surface area contributed by atoms with Crippen LogP contribution >= 0.6 is 0 Å². The zero-order valence-electron chi connectivity index (χ0n) is 14.5. The molecule has 1 heterocycles. The number of aromatic nitrogens is 2. The van der Waals surface area contributed by atoms with Crippen molar-refractivity contribution in [2.24, 2.45) is 0 Å². The van der Waals surface area contributed by atoms with E-state index in [1.807, 2.05) is 43.9 Å². The van der Waals surface area contributed by atoms with Crippen molar-refractivity contribution in [2.45, 2.75) is 20.8 Å². The van der Waals surface area contributed by atoms with Crippen LogP contribution in [0.5, 0.6) is 17.2 Å². The van der Waals surface area contributed by atoms with Gasteiger partial charge in [-0.1, -0.05) is 0 Å². The van der Waals surface area contributed by atoms with Gasteiger partial charge in [0, 0.05) is 30.1 Å². The Morgan fingerprint density at radius 2 is 1.39 bits per heavy atom. The smallest absolute Gasteiger partial charge is 0.230 e. The van der Waals surface area contributed by atoms with Gasteiger partial charge in [0.2, 0.25) is 5.95 Å². The second-order valence-electron chi connectivity index (χ2n) is 5.08. The average Bonchev–Trinajstić information content (AvgIpc) is 2.54. The van der Waals surface area contributed by atoms with Gasteiger partial charge in [0.05, 0.1) is 21.3 Å². The molecule has 6 heteroatoms. The summed E-state index contributed by atoms with van der Waals surface area (Å²) < 4.78 is 16.4. The van der Waals surface area contributed by atoms with Gasteiger partial charge < -0.3 is 19.1 Å². The first-order chi connectivity index (χ1) is 11.0. The number of hydrogen-bond acceptors (Lipinski definition) is 6. The maximum Gasteiger partial charge on any atom is 0.230 e. The standard InChI is InChI=1S/C17H23N3O3/c1-7-20(17-18-11(2)8-12(3)19-17)16-14(22-5)9-13(21-4)10-15(16)23-6/h8-10H,7H2,1-6H3. The molecule has 0 fully saturated rings. The maximum atomic E-state index is 5.54. The van der Waals surface area contributed by atoms with Crippen LogP contribution in [0.15, 0.2) is 18.2 Å². The van der Waals surface area contributed by atoms with Gasteiger partial charge >= 0.3 is 0 Å². The Bertz CT molecular complexity index is 644. The molecule has 6 nitrogen and oxygen atoms in total. The van der Waals surface area contributed by atoms with Crippen molar-refractivity contribution >= 4 is 11.6 Å². The summed E-state index contributed by atoms with van der Waals surface area (Å²) in [5, 5.41) is 0. The van der Waals surface area contributed by atoms with Crippen molar-refractivity contribution in [3.05, 3.63) is 29.6 Å². The molecular formula is C17H23N3O3. The average molecular weight is 317 g/mol. The molecule has 1 aromatic heterocycles. The van der Waals surface area contributed by atoms with Gasteiger partial charge in [-0.05, 0) is 26.8 Å². The van der Waals surface area contributed by atoms with E-state index in [4.69, 9.17) is 14.2 Å². The van der Waals surface area contributed by atoms with E-state index in [-0.39, 0.29) is 0 Å². The minimum Gasteiger partial charge on any atom is -0.496 e. The van der Waals surface area contributed by atoms with Crippen LogP contribution in [-0.2, 0) is 0 Å². The van der Waals surface area contributed by atoms with E-state index in [9.17, 15) is 0 Å². The molecule has 0 aliphatic rings. The molecule has 0 radical (unpaired) electrons. The first kappa shape index (κ1) is 16.9. The number of ether oxygens (including phenoxy) is 3. The molecule has 0 aliphatic carbocycles.